The summed E-state index contributed by atoms with van der Waals surface area (Å²) in [6.07, 6.45) is 2.09. The zero-order valence-corrected chi connectivity index (χ0v) is 15.4. The quantitative estimate of drug-likeness (QED) is 0.190. The van der Waals surface area contributed by atoms with Crippen molar-refractivity contribution in [1.29, 1.82) is 0 Å². The Morgan fingerprint density at radius 1 is 1.44 bits per heavy atom. The topological polar surface area (TPSA) is 54.0 Å². The van der Waals surface area contributed by atoms with Crippen LogP contribution in [0.3, 0.4) is 0 Å². The molecule has 0 aromatic heterocycles. The molecule has 108 valence electrons. The van der Waals surface area contributed by atoms with Gasteiger partial charge in [-0.2, -0.15) is 0 Å². The first kappa shape index (κ1) is 19.9. The molecule has 0 aliphatic rings. The maximum absolute atomic E-state index is 10.5. The molecule has 0 rings (SSSR count). The fourth-order valence-corrected chi connectivity index (χ4v) is 1.68. The highest BCUT2D eigenvalue weighted by molar-refractivity contribution is 6.26. The first-order valence-corrected chi connectivity index (χ1v) is 8.78. The van der Waals surface area contributed by atoms with Gasteiger partial charge in [0.2, 0.25) is 0 Å². The zero-order chi connectivity index (χ0) is 14.2. The van der Waals surface area contributed by atoms with Crippen molar-refractivity contribution in [3.63, 3.8) is 0 Å². The van der Waals surface area contributed by atoms with Gasteiger partial charge in [0.15, 0.2) is 9.76 Å². The fraction of sp³-hybridized carbons (Fsp3) is 0.727. The van der Waals surface area contributed by atoms with Gasteiger partial charge in [0.05, 0.1) is 16.8 Å². The molecule has 5 nitrogen and oxygen atoms in total. The van der Waals surface area contributed by atoms with E-state index in [0.717, 1.165) is 29.3 Å². The van der Waals surface area contributed by atoms with Crippen molar-refractivity contribution >= 4 is 26.0 Å². The minimum absolute atomic E-state index is 0.0741. The molecular weight excluding hydrogens is 268 g/mol. The van der Waals surface area contributed by atoms with Crippen LogP contribution in [-0.4, -0.2) is 59.3 Å². The minimum atomic E-state index is -0.357. The van der Waals surface area contributed by atoms with Crippen molar-refractivity contribution < 1.29 is 23.4 Å². The Morgan fingerprint density at radius 3 is 2.44 bits per heavy atom. The predicted octanol–water partition coefficient (Wildman–Crippen LogP) is -0.428. The third kappa shape index (κ3) is 17.9. The smallest absolute Gasteiger partial charge is 0.330 e. The van der Waals surface area contributed by atoms with Crippen LogP contribution in [0.15, 0.2) is 12.7 Å². The van der Waals surface area contributed by atoms with E-state index in [0.29, 0.717) is 6.61 Å². The molecule has 7 heteroatoms. The van der Waals surface area contributed by atoms with Crippen molar-refractivity contribution in [2.75, 3.05) is 27.4 Å². The van der Waals surface area contributed by atoms with Crippen molar-refractivity contribution in [2.45, 2.75) is 25.3 Å². The maximum Gasteiger partial charge on any atom is 0.330 e. The maximum atomic E-state index is 10.5. The molecule has 0 radical (unpaired) electrons. The third-order valence-electron chi connectivity index (χ3n) is 1.96. The van der Waals surface area contributed by atoms with E-state index in [2.05, 4.69) is 6.58 Å². The van der Waals surface area contributed by atoms with Gasteiger partial charge in [-0.1, -0.05) is 6.58 Å². The van der Waals surface area contributed by atoms with Crippen molar-refractivity contribution in [3.05, 3.63) is 12.7 Å². The molecule has 18 heavy (non-hydrogen) atoms. The number of methoxy groups -OCH3 is 2. The summed E-state index contributed by atoms with van der Waals surface area (Å²) < 4.78 is 19.5. The van der Waals surface area contributed by atoms with E-state index in [1.54, 1.807) is 14.2 Å². The molecule has 0 spiro atoms. The van der Waals surface area contributed by atoms with Crippen LogP contribution in [0.25, 0.3) is 0 Å². The molecule has 0 N–H and O–H groups in total. The van der Waals surface area contributed by atoms with Gasteiger partial charge in [0, 0.05) is 26.9 Å². The second-order valence-corrected chi connectivity index (χ2v) is 5.78. The van der Waals surface area contributed by atoms with E-state index in [9.17, 15) is 4.79 Å². The van der Waals surface area contributed by atoms with Crippen molar-refractivity contribution in [1.82, 2.24) is 0 Å². The molecule has 0 saturated carbocycles. The zero-order valence-electron chi connectivity index (χ0n) is 11.9. The summed E-state index contributed by atoms with van der Waals surface area (Å²) in [5.74, 6) is -0.266. The fourth-order valence-electron chi connectivity index (χ4n) is 0.778. The molecular formula is C11H26O5Si2. The monoisotopic (exact) mass is 294 g/mol. The Balaban J connectivity index is 0. The molecule has 0 atom stereocenters. The molecule has 0 aliphatic carbocycles. The van der Waals surface area contributed by atoms with Gasteiger partial charge in [-0.3, -0.25) is 0 Å². The summed E-state index contributed by atoms with van der Waals surface area (Å²) in [5, 5.41) is 0. The number of rotatable bonds is 9. The lowest BCUT2D eigenvalue weighted by Crippen LogP contribution is -2.11. The number of ether oxygens (including phenoxy) is 3. The van der Waals surface area contributed by atoms with Gasteiger partial charge in [0.1, 0.15) is 5.91 Å². The number of carbonyl (C=O) groups excluding carboxylic acids is 1. The Kier molecular flexibility index (Phi) is 18.2. The van der Waals surface area contributed by atoms with Crippen LogP contribution in [0, 0.1) is 0 Å². The summed E-state index contributed by atoms with van der Waals surface area (Å²) in [6.45, 7) is 6.58. The lowest BCUT2D eigenvalue weighted by molar-refractivity contribution is -0.137. The molecule has 0 unspecified atom stereocenters. The average Bonchev–Trinajstić information content (AvgIpc) is 2.42. The summed E-state index contributed by atoms with van der Waals surface area (Å²) >= 11 is 0. The summed E-state index contributed by atoms with van der Waals surface area (Å²) in [5.41, 5.74) is 0. The standard InChI is InChI=1S/C8H16O3Si.C3H10O2Si/c1-3-8(9)10-6-5-7-12-11-4-2;1-4-3(6)5-2/h3H,1,4-7,12H2,2H3;3H,1-2,6H3. The minimum Gasteiger partial charge on any atom is -0.463 e. The van der Waals surface area contributed by atoms with Crippen LogP contribution < -0.4 is 0 Å². The lowest BCUT2D eigenvalue weighted by Gasteiger charge is -2.03. The van der Waals surface area contributed by atoms with Crippen LogP contribution in [0.4, 0.5) is 0 Å². The number of esters is 1. The number of hydrogen-bond donors (Lipinski definition) is 0. The van der Waals surface area contributed by atoms with E-state index < -0.39 is 0 Å². The highest BCUT2D eigenvalue weighted by Crippen LogP contribution is 1.91. The highest BCUT2D eigenvalue weighted by Gasteiger charge is 1.94. The first-order valence-electron chi connectivity index (χ1n) is 6.04. The van der Waals surface area contributed by atoms with Crippen LogP contribution in [0.1, 0.15) is 13.3 Å². The van der Waals surface area contributed by atoms with Gasteiger partial charge >= 0.3 is 5.97 Å². The van der Waals surface area contributed by atoms with Gasteiger partial charge < -0.3 is 18.6 Å². The second-order valence-electron chi connectivity index (χ2n) is 3.31. The molecule has 0 aliphatic heterocycles. The van der Waals surface area contributed by atoms with Crippen LogP contribution in [0.2, 0.25) is 6.04 Å². The van der Waals surface area contributed by atoms with E-state index in [1.165, 1.54) is 6.08 Å². The Hall–Kier alpha value is -0.476. The summed E-state index contributed by atoms with van der Waals surface area (Å²) in [6, 6.07) is 1.07. The van der Waals surface area contributed by atoms with Gasteiger partial charge in [-0.15, -0.1) is 0 Å². The molecule has 0 aromatic carbocycles. The van der Waals surface area contributed by atoms with Crippen LogP contribution in [0.5, 0.6) is 0 Å². The van der Waals surface area contributed by atoms with E-state index in [4.69, 9.17) is 18.6 Å². The molecule has 0 aromatic rings. The Bertz CT molecular complexity index is 198. The van der Waals surface area contributed by atoms with E-state index >= 15 is 0 Å². The Labute approximate surface area is 115 Å². The molecule has 0 saturated heterocycles. The third-order valence-corrected chi connectivity index (χ3v) is 4.39. The lowest BCUT2D eigenvalue weighted by atomic mass is 10.5. The second kappa shape index (κ2) is 16.5. The van der Waals surface area contributed by atoms with Crippen molar-refractivity contribution in [3.8, 4) is 0 Å². The molecule has 0 fully saturated rings. The molecule has 0 heterocycles. The van der Waals surface area contributed by atoms with Gasteiger partial charge in [0.25, 0.3) is 0 Å². The number of hydrogen-bond acceptors (Lipinski definition) is 5. The van der Waals surface area contributed by atoms with Crippen LogP contribution >= 0.6 is 0 Å². The molecule has 0 bridgehead atoms. The predicted molar refractivity (Wildman–Crippen MR) is 78.5 cm³/mol. The summed E-state index contributed by atoms with van der Waals surface area (Å²) in [4.78, 5) is 10.5. The van der Waals surface area contributed by atoms with E-state index in [1.807, 2.05) is 6.92 Å². The number of carbonyl (C=O) groups is 1. The largest absolute Gasteiger partial charge is 0.463 e. The first-order chi connectivity index (χ1) is 8.62. The average molecular weight is 294 g/mol. The molecule has 0 amide bonds. The van der Waals surface area contributed by atoms with Crippen molar-refractivity contribution in [2.24, 2.45) is 0 Å². The summed E-state index contributed by atoms with van der Waals surface area (Å²) in [7, 11) is 3.87. The Morgan fingerprint density at radius 2 is 2.06 bits per heavy atom. The van der Waals surface area contributed by atoms with Gasteiger partial charge in [-0.05, 0) is 19.4 Å². The normalized spacial score (nSPS) is 10.4. The SMILES string of the molecule is C=CC(=O)OCCC[SiH2]OCC.COC([SiH3])OC. The van der Waals surface area contributed by atoms with E-state index in [-0.39, 0.29) is 21.6 Å². The highest BCUT2D eigenvalue weighted by atomic mass is 28.2. The van der Waals surface area contributed by atoms with Crippen LogP contribution in [-0.2, 0) is 23.4 Å². The van der Waals surface area contributed by atoms with Gasteiger partial charge in [-0.25, -0.2) is 4.79 Å².